The van der Waals surface area contributed by atoms with Gasteiger partial charge in [0.05, 0.1) is 23.5 Å². The summed E-state index contributed by atoms with van der Waals surface area (Å²) in [6.45, 7) is 3.49. The van der Waals surface area contributed by atoms with Crippen molar-refractivity contribution < 1.29 is 14.3 Å². The maximum Gasteiger partial charge on any atom is 0.327 e. The molecule has 3 aromatic rings. The van der Waals surface area contributed by atoms with E-state index in [4.69, 9.17) is 4.74 Å². The van der Waals surface area contributed by atoms with Gasteiger partial charge in [-0.15, -0.1) is 0 Å². The quantitative estimate of drug-likeness (QED) is 0.524. The number of nitrogens with zero attached hydrogens (tertiary/aromatic N) is 2. The lowest BCUT2D eigenvalue weighted by Crippen LogP contribution is -2.59. The van der Waals surface area contributed by atoms with Crippen LogP contribution in [0.2, 0.25) is 0 Å². The number of hydrogen-bond donors (Lipinski definition) is 3. The Balaban J connectivity index is 1.30. The van der Waals surface area contributed by atoms with Crippen LogP contribution in [0.5, 0.6) is 11.5 Å². The zero-order valence-electron chi connectivity index (χ0n) is 18.4. The van der Waals surface area contributed by atoms with E-state index in [1.165, 1.54) is 11.8 Å². The maximum atomic E-state index is 13.3. The first-order chi connectivity index (χ1) is 16.6. The van der Waals surface area contributed by atoms with Crippen LogP contribution in [0.15, 0.2) is 65.8 Å². The van der Waals surface area contributed by atoms with Crippen LogP contribution in [0.25, 0.3) is 0 Å². The molecule has 2 aromatic carbocycles. The van der Waals surface area contributed by atoms with Gasteiger partial charge in [0.25, 0.3) is 0 Å². The van der Waals surface area contributed by atoms with Gasteiger partial charge in [0.2, 0.25) is 5.91 Å². The van der Waals surface area contributed by atoms with E-state index in [0.29, 0.717) is 5.75 Å². The molecule has 2 unspecified atom stereocenters. The number of ether oxygens (including phenoxy) is 1. The van der Waals surface area contributed by atoms with Crippen molar-refractivity contribution in [2.24, 2.45) is 0 Å². The number of rotatable bonds is 5. The molecule has 2 atom stereocenters. The number of thioether (sulfide) groups is 1. The second kappa shape index (κ2) is 8.34. The number of carbonyl (C=O) groups excluding carboxylic acids is 2. The molecule has 9 heteroatoms. The number of benzene rings is 2. The van der Waals surface area contributed by atoms with Gasteiger partial charge in [0, 0.05) is 24.8 Å². The fourth-order valence-corrected chi connectivity index (χ4v) is 5.74. The van der Waals surface area contributed by atoms with Crippen LogP contribution in [0, 0.1) is 6.92 Å². The number of nitrogens with one attached hydrogen (secondary N) is 3. The van der Waals surface area contributed by atoms with Gasteiger partial charge in [0.1, 0.15) is 21.8 Å². The fourth-order valence-electron chi connectivity index (χ4n) is 4.51. The first-order valence-electron chi connectivity index (χ1n) is 11.2. The lowest BCUT2D eigenvalue weighted by molar-refractivity contribution is -0.122. The van der Waals surface area contributed by atoms with Crippen molar-refractivity contribution in [1.82, 2.24) is 20.9 Å². The Morgan fingerprint density at radius 2 is 1.94 bits per heavy atom. The molecule has 3 N–H and O–H groups in total. The van der Waals surface area contributed by atoms with Crippen molar-refractivity contribution in [1.29, 1.82) is 0 Å². The average Bonchev–Trinajstić information content (AvgIpc) is 3.18. The van der Waals surface area contributed by atoms with Crippen LogP contribution in [0.3, 0.4) is 0 Å². The van der Waals surface area contributed by atoms with E-state index in [1.807, 2.05) is 61.5 Å². The Bertz CT molecular complexity index is 1280. The third-order valence-corrected chi connectivity index (χ3v) is 7.57. The lowest BCUT2D eigenvalue weighted by Gasteiger charge is -2.35. The zero-order valence-corrected chi connectivity index (χ0v) is 19.3. The number of anilines is 2. The van der Waals surface area contributed by atoms with Crippen molar-refractivity contribution in [2.75, 3.05) is 18.0 Å². The molecule has 3 aliphatic rings. The summed E-state index contributed by atoms with van der Waals surface area (Å²) in [5.74, 6) is 1.37. The molecule has 8 nitrogen and oxygen atoms in total. The topological polar surface area (TPSA) is 95.6 Å². The van der Waals surface area contributed by atoms with Crippen LogP contribution in [0.4, 0.5) is 16.2 Å². The number of urea groups is 1. The highest BCUT2D eigenvalue weighted by Gasteiger charge is 2.47. The van der Waals surface area contributed by atoms with Crippen LogP contribution in [-0.4, -0.2) is 41.3 Å². The summed E-state index contributed by atoms with van der Waals surface area (Å²) in [6, 6.07) is 16.5. The van der Waals surface area contributed by atoms with E-state index in [0.717, 1.165) is 46.4 Å². The SMILES string of the molecule is Cc1cc(Oc2ccccc2)ccc1N1C(=O)NC2c3c1ccnc3SC2C(=O)NC1CNC1. The average molecular weight is 474 g/mol. The Kier molecular flexibility index (Phi) is 5.15. The van der Waals surface area contributed by atoms with Crippen molar-refractivity contribution in [3.8, 4) is 11.5 Å². The second-order valence-electron chi connectivity index (χ2n) is 8.58. The van der Waals surface area contributed by atoms with Crippen LogP contribution in [-0.2, 0) is 4.79 Å². The smallest absolute Gasteiger partial charge is 0.327 e. The van der Waals surface area contributed by atoms with Gasteiger partial charge in [-0.05, 0) is 48.9 Å². The molecule has 0 saturated carbocycles. The third-order valence-electron chi connectivity index (χ3n) is 6.28. The molecule has 34 heavy (non-hydrogen) atoms. The van der Waals surface area contributed by atoms with E-state index in [2.05, 4.69) is 20.9 Å². The van der Waals surface area contributed by atoms with Crippen molar-refractivity contribution in [3.63, 3.8) is 0 Å². The van der Waals surface area contributed by atoms with Crippen LogP contribution >= 0.6 is 11.8 Å². The number of aromatic nitrogens is 1. The minimum absolute atomic E-state index is 0.0715. The predicted molar refractivity (Wildman–Crippen MR) is 130 cm³/mol. The standard InChI is InChI=1S/C25H23N5O3S/c1-14-11-17(33-16-5-3-2-4-6-16)7-8-18(14)30-19-9-10-27-24-20(19)21(29-25(30)32)22(34-24)23(31)28-15-12-26-13-15/h2-11,15,21-22,26H,12-13H2,1H3,(H,28,31)(H,29,32). The summed E-state index contributed by atoms with van der Waals surface area (Å²) < 4.78 is 5.95. The maximum absolute atomic E-state index is 13.3. The van der Waals surface area contributed by atoms with Crippen LogP contribution < -0.4 is 25.6 Å². The predicted octanol–water partition coefficient (Wildman–Crippen LogP) is 3.65. The second-order valence-corrected chi connectivity index (χ2v) is 9.71. The highest BCUT2D eigenvalue weighted by atomic mass is 32.2. The molecule has 3 amide bonds. The van der Waals surface area contributed by atoms with E-state index in [1.54, 1.807) is 11.1 Å². The van der Waals surface area contributed by atoms with Crippen molar-refractivity contribution in [3.05, 3.63) is 71.9 Å². The summed E-state index contributed by atoms with van der Waals surface area (Å²) in [4.78, 5) is 32.5. The Labute approximate surface area is 201 Å². The molecule has 172 valence electrons. The molecule has 0 radical (unpaired) electrons. The number of pyridine rings is 1. The largest absolute Gasteiger partial charge is 0.457 e. The summed E-state index contributed by atoms with van der Waals surface area (Å²) in [7, 11) is 0. The molecule has 6 rings (SSSR count). The number of para-hydroxylation sites is 1. The lowest BCUT2D eigenvalue weighted by atomic mass is 9.99. The van der Waals surface area contributed by atoms with Gasteiger partial charge >= 0.3 is 6.03 Å². The summed E-state index contributed by atoms with van der Waals surface area (Å²) in [6.07, 6.45) is 1.70. The molecule has 0 spiro atoms. The van der Waals surface area contributed by atoms with E-state index < -0.39 is 11.3 Å². The third kappa shape index (κ3) is 3.57. The first-order valence-corrected chi connectivity index (χ1v) is 12.1. The summed E-state index contributed by atoms with van der Waals surface area (Å²) >= 11 is 1.41. The zero-order chi connectivity index (χ0) is 23.2. The summed E-state index contributed by atoms with van der Waals surface area (Å²) in [5, 5.41) is 9.62. The van der Waals surface area contributed by atoms with Gasteiger partial charge in [-0.2, -0.15) is 0 Å². The van der Waals surface area contributed by atoms with Gasteiger partial charge in [0.15, 0.2) is 0 Å². The van der Waals surface area contributed by atoms with E-state index in [9.17, 15) is 9.59 Å². The molecule has 1 fully saturated rings. The van der Waals surface area contributed by atoms with Gasteiger partial charge in [-0.25, -0.2) is 9.78 Å². The van der Waals surface area contributed by atoms with E-state index >= 15 is 0 Å². The van der Waals surface area contributed by atoms with Gasteiger partial charge in [-0.1, -0.05) is 30.0 Å². The number of hydrogen-bond acceptors (Lipinski definition) is 6. The van der Waals surface area contributed by atoms with Crippen molar-refractivity contribution >= 4 is 35.1 Å². The van der Waals surface area contributed by atoms with Gasteiger partial charge < -0.3 is 20.7 Å². The molecule has 3 aliphatic heterocycles. The molecule has 1 saturated heterocycles. The Morgan fingerprint density at radius 1 is 1.12 bits per heavy atom. The fraction of sp³-hybridized carbons (Fsp3) is 0.240. The monoisotopic (exact) mass is 473 g/mol. The normalized spacial score (nSPS) is 20.9. The molecule has 0 bridgehead atoms. The van der Waals surface area contributed by atoms with Crippen LogP contribution in [0.1, 0.15) is 17.2 Å². The summed E-state index contributed by atoms with van der Waals surface area (Å²) in [5.41, 5.74) is 3.29. The Morgan fingerprint density at radius 3 is 2.68 bits per heavy atom. The molecule has 4 heterocycles. The molecular weight excluding hydrogens is 450 g/mol. The highest BCUT2D eigenvalue weighted by Crippen LogP contribution is 2.51. The molecular formula is C25H23N5O3S. The van der Waals surface area contributed by atoms with Crippen molar-refractivity contribution in [2.45, 2.75) is 29.3 Å². The molecule has 1 aromatic heterocycles. The van der Waals surface area contributed by atoms with E-state index in [-0.39, 0.29) is 18.0 Å². The van der Waals surface area contributed by atoms with Gasteiger partial charge in [-0.3, -0.25) is 9.69 Å². The minimum atomic E-state index is -0.446. The number of aryl methyl sites for hydroxylation is 1. The first kappa shape index (κ1) is 21.0. The minimum Gasteiger partial charge on any atom is -0.457 e. The number of carbonyl (C=O) groups is 2. The molecule has 0 aliphatic carbocycles. The Hall–Kier alpha value is -3.56. The highest BCUT2D eigenvalue weighted by molar-refractivity contribution is 8.01. The number of amides is 3.